The van der Waals surface area contributed by atoms with Gasteiger partial charge in [-0.2, -0.15) is 0 Å². The molecule has 84 valence electrons. The summed E-state index contributed by atoms with van der Waals surface area (Å²) in [5, 5.41) is 8.85. The molecule has 1 aliphatic heterocycles. The van der Waals surface area contributed by atoms with Gasteiger partial charge in [-0.3, -0.25) is 4.90 Å². The molecule has 3 nitrogen and oxygen atoms in total. The monoisotopic (exact) mass is 200 g/mol. The molecule has 0 aromatic rings. The Bertz CT molecular complexity index is 163. The van der Waals surface area contributed by atoms with Crippen LogP contribution in [0.3, 0.4) is 0 Å². The maximum atomic E-state index is 8.85. The van der Waals surface area contributed by atoms with Crippen molar-refractivity contribution in [3.8, 4) is 0 Å². The fraction of sp³-hybridized carbons (Fsp3) is 1.00. The molecule has 0 spiro atoms. The van der Waals surface area contributed by atoms with Gasteiger partial charge in [0.15, 0.2) is 0 Å². The third kappa shape index (κ3) is 2.94. The number of aliphatic hydroxyl groups excluding tert-OH is 1. The molecule has 0 aliphatic carbocycles. The summed E-state index contributed by atoms with van der Waals surface area (Å²) in [6.07, 6.45) is 4.79. The van der Waals surface area contributed by atoms with E-state index < -0.39 is 0 Å². The van der Waals surface area contributed by atoms with Crippen molar-refractivity contribution < 1.29 is 5.11 Å². The van der Waals surface area contributed by atoms with E-state index in [0.29, 0.717) is 6.04 Å². The molecule has 0 aromatic heterocycles. The largest absolute Gasteiger partial charge is 0.395 e. The average Bonchev–Trinajstić information content (AvgIpc) is 2.55. The smallest absolute Gasteiger partial charge is 0.0583 e. The topological polar surface area (TPSA) is 49.5 Å². The van der Waals surface area contributed by atoms with Crippen LogP contribution in [0.4, 0.5) is 0 Å². The molecule has 3 N–H and O–H groups in total. The second kappa shape index (κ2) is 5.69. The van der Waals surface area contributed by atoms with Crippen LogP contribution >= 0.6 is 0 Å². The number of nitrogens with zero attached hydrogens (tertiary/aromatic N) is 1. The zero-order valence-corrected chi connectivity index (χ0v) is 9.45. The predicted molar refractivity (Wildman–Crippen MR) is 59.2 cm³/mol. The zero-order chi connectivity index (χ0) is 10.6. The van der Waals surface area contributed by atoms with Crippen LogP contribution in [0.2, 0.25) is 0 Å². The highest BCUT2D eigenvalue weighted by Gasteiger charge is 2.28. The number of hydrogen-bond donors (Lipinski definition) is 2. The second-order valence-electron chi connectivity index (χ2n) is 4.46. The fourth-order valence-electron chi connectivity index (χ4n) is 2.37. The molecule has 1 saturated heterocycles. The van der Waals surface area contributed by atoms with Crippen LogP contribution in [0.1, 0.15) is 39.5 Å². The Morgan fingerprint density at radius 3 is 2.79 bits per heavy atom. The van der Waals surface area contributed by atoms with Gasteiger partial charge >= 0.3 is 0 Å². The Labute approximate surface area is 87.3 Å². The molecule has 14 heavy (non-hydrogen) atoms. The van der Waals surface area contributed by atoms with Gasteiger partial charge in [0.1, 0.15) is 0 Å². The normalized spacial score (nSPS) is 30.9. The molecule has 0 aromatic carbocycles. The lowest BCUT2D eigenvalue weighted by Gasteiger charge is -2.28. The summed E-state index contributed by atoms with van der Waals surface area (Å²) in [6, 6.07) is 1.40. The molecule has 0 amide bonds. The Hall–Kier alpha value is -0.120. The van der Waals surface area contributed by atoms with Crippen LogP contribution in [0.5, 0.6) is 0 Å². The van der Waals surface area contributed by atoms with E-state index in [1.54, 1.807) is 0 Å². The summed E-state index contributed by atoms with van der Waals surface area (Å²) in [6.45, 7) is 5.70. The Kier molecular flexibility index (Phi) is 4.85. The fourth-order valence-corrected chi connectivity index (χ4v) is 2.37. The zero-order valence-electron chi connectivity index (χ0n) is 9.45. The van der Waals surface area contributed by atoms with E-state index in [1.165, 1.54) is 19.3 Å². The molecule has 0 saturated carbocycles. The van der Waals surface area contributed by atoms with Gasteiger partial charge in [0, 0.05) is 24.7 Å². The van der Waals surface area contributed by atoms with E-state index in [-0.39, 0.29) is 12.6 Å². The first-order chi connectivity index (χ1) is 6.69. The van der Waals surface area contributed by atoms with Crippen LogP contribution in [-0.2, 0) is 0 Å². The van der Waals surface area contributed by atoms with Gasteiger partial charge < -0.3 is 10.8 Å². The molecular formula is C11H24N2O. The van der Waals surface area contributed by atoms with E-state index in [2.05, 4.69) is 18.7 Å². The number of rotatable bonds is 5. The average molecular weight is 200 g/mol. The molecule has 0 radical (unpaired) electrons. The van der Waals surface area contributed by atoms with E-state index in [1.807, 2.05) is 0 Å². The summed E-state index contributed by atoms with van der Waals surface area (Å²) in [7, 11) is 0. The Morgan fingerprint density at radius 1 is 1.50 bits per heavy atom. The van der Waals surface area contributed by atoms with Crippen molar-refractivity contribution >= 4 is 0 Å². The maximum absolute atomic E-state index is 8.85. The van der Waals surface area contributed by atoms with E-state index in [0.717, 1.165) is 19.0 Å². The first-order valence-electron chi connectivity index (χ1n) is 5.81. The minimum atomic E-state index is -0.0414. The number of aliphatic hydroxyl groups is 1. The van der Waals surface area contributed by atoms with Gasteiger partial charge in [0.05, 0.1) is 6.61 Å². The van der Waals surface area contributed by atoms with E-state index in [4.69, 9.17) is 10.8 Å². The van der Waals surface area contributed by atoms with Gasteiger partial charge in [-0.05, 0) is 32.6 Å². The molecule has 1 fully saturated rings. The third-order valence-corrected chi connectivity index (χ3v) is 3.42. The summed E-state index contributed by atoms with van der Waals surface area (Å²) in [4.78, 5) is 2.55. The number of likely N-dealkylation sites (tertiary alicyclic amines) is 1. The molecule has 1 aliphatic rings. The minimum absolute atomic E-state index is 0.0414. The first kappa shape index (κ1) is 12.0. The van der Waals surface area contributed by atoms with Crippen LogP contribution in [-0.4, -0.2) is 41.3 Å². The minimum Gasteiger partial charge on any atom is -0.395 e. The summed E-state index contributed by atoms with van der Waals surface area (Å²) >= 11 is 0. The lowest BCUT2D eigenvalue weighted by molar-refractivity contribution is 0.178. The SMILES string of the molecule is CCC1CCC(C)N1CCC(N)CO. The Balaban J connectivity index is 2.33. The highest BCUT2D eigenvalue weighted by molar-refractivity contribution is 4.84. The third-order valence-electron chi connectivity index (χ3n) is 3.42. The van der Waals surface area contributed by atoms with Crippen molar-refractivity contribution in [2.75, 3.05) is 13.2 Å². The Morgan fingerprint density at radius 2 is 2.21 bits per heavy atom. The van der Waals surface area contributed by atoms with Crippen LogP contribution in [0, 0.1) is 0 Å². The molecule has 1 heterocycles. The molecule has 0 bridgehead atoms. The lowest BCUT2D eigenvalue weighted by atomic mass is 10.1. The van der Waals surface area contributed by atoms with Crippen LogP contribution in [0.15, 0.2) is 0 Å². The second-order valence-corrected chi connectivity index (χ2v) is 4.46. The van der Waals surface area contributed by atoms with E-state index in [9.17, 15) is 0 Å². The van der Waals surface area contributed by atoms with Crippen LogP contribution < -0.4 is 5.73 Å². The van der Waals surface area contributed by atoms with Gasteiger partial charge in [0.2, 0.25) is 0 Å². The van der Waals surface area contributed by atoms with Gasteiger partial charge in [0.25, 0.3) is 0 Å². The van der Waals surface area contributed by atoms with Gasteiger partial charge in [-0.25, -0.2) is 0 Å². The van der Waals surface area contributed by atoms with Crippen molar-refractivity contribution in [1.82, 2.24) is 4.90 Å². The maximum Gasteiger partial charge on any atom is 0.0583 e. The molecule has 3 unspecified atom stereocenters. The highest BCUT2D eigenvalue weighted by Crippen LogP contribution is 2.25. The quantitative estimate of drug-likeness (QED) is 0.695. The number of nitrogens with two attached hydrogens (primary N) is 1. The van der Waals surface area contributed by atoms with E-state index >= 15 is 0 Å². The summed E-state index contributed by atoms with van der Waals surface area (Å²) in [5.41, 5.74) is 5.71. The van der Waals surface area contributed by atoms with Crippen molar-refractivity contribution in [3.05, 3.63) is 0 Å². The molecule has 3 heteroatoms. The van der Waals surface area contributed by atoms with Crippen molar-refractivity contribution in [3.63, 3.8) is 0 Å². The van der Waals surface area contributed by atoms with Crippen molar-refractivity contribution in [2.24, 2.45) is 5.73 Å². The van der Waals surface area contributed by atoms with Crippen LogP contribution in [0.25, 0.3) is 0 Å². The highest BCUT2D eigenvalue weighted by atomic mass is 16.3. The summed E-state index contributed by atoms with van der Waals surface area (Å²) < 4.78 is 0. The predicted octanol–water partition coefficient (Wildman–Crippen LogP) is 0.959. The van der Waals surface area contributed by atoms with Crippen molar-refractivity contribution in [2.45, 2.75) is 57.7 Å². The van der Waals surface area contributed by atoms with Gasteiger partial charge in [-0.1, -0.05) is 6.92 Å². The van der Waals surface area contributed by atoms with Gasteiger partial charge in [-0.15, -0.1) is 0 Å². The molecular weight excluding hydrogens is 176 g/mol. The number of hydrogen-bond acceptors (Lipinski definition) is 3. The lowest BCUT2D eigenvalue weighted by Crippen LogP contribution is -2.38. The molecule has 3 atom stereocenters. The van der Waals surface area contributed by atoms with Crippen molar-refractivity contribution in [1.29, 1.82) is 0 Å². The summed E-state index contributed by atoms with van der Waals surface area (Å²) in [5.74, 6) is 0. The molecule has 1 rings (SSSR count). The standard InChI is InChI=1S/C11H24N2O/c1-3-11-5-4-9(2)13(11)7-6-10(12)8-14/h9-11,14H,3-8,12H2,1-2H3. The first-order valence-corrected chi connectivity index (χ1v) is 5.81.